The van der Waals surface area contributed by atoms with Crippen LogP contribution in [0.1, 0.15) is 24.6 Å². The smallest absolute Gasteiger partial charge is 0.197 e. The van der Waals surface area contributed by atoms with E-state index in [2.05, 4.69) is 37.7 Å². The van der Waals surface area contributed by atoms with Crippen molar-refractivity contribution < 1.29 is 4.74 Å². The molecular weight excluding hydrogens is 220 g/mol. The predicted octanol–water partition coefficient (Wildman–Crippen LogP) is 0.484. The lowest BCUT2D eigenvalue weighted by molar-refractivity contribution is 0.0606. The number of nitrogens with zero attached hydrogens (tertiary/aromatic N) is 4. The van der Waals surface area contributed by atoms with E-state index in [0.717, 1.165) is 37.3 Å². The van der Waals surface area contributed by atoms with Crippen LogP contribution in [-0.4, -0.2) is 43.5 Å². The van der Waals surface area contributed by atoms with Gasteiger partial charge >= 0.3 is 0 Å². The van der Waals surface area contributed by atoms with Crippen LogP contribution in [0, 0.1) is 0 Å². The summed E-state index contributed by atoms with van der Waals surface area (Å²) in [4.78, 5) is 0. The molecule has 2 aromatic rings. The summed E-state index contributed by atoms with van der Waals surface area (Å²) < 4.78 is 5.75. The van der Waals surface area contributed by atoms with Crippen LogP contribution in [0.5, 0.6) is 0 Å². The molecule has 7 nitrogen and oxygen atoms in total. The number of aromatic nitrogens is 6. The lowest BCUT2D eigenvalue weighted by atomic mass is 10.2. The summed E-state index contributed by atoms with van der Waals surface area (Å²) >= 11 is 0. The molecule has 1 aliphatic carbocycles. The van der Waals surface area contributed by atoms with Gasteiger partial charge < -0.3 is 4.74 Å². The summed E-state index contributed by atoms with van der Waals surface area (Å²) in [5, 5.41) is 21.0. The monoisotopic (exact) mass is 234 g/mol. The van der Waals surface area contributed by atoms with Gasteiger partial charge in [0.15, 0.2) is 5.82 Å². The Kier molecular flexibility index (Phi) is 2.60. The van der Waals surface area contributed by atoms with E-state index >= 15 is 0 Å². The third kappa shape index (κ3) is 1.82. The Hall–Kier alpha value is -1.76. The molecule has 0 radical (unpaired) electrons. The lowest BCUT2D eigenvalue weighted by Crippen LogP contribution is -2.14. The summed E-state index contributed by atoms with van der Waals surface area (Å²) in [5.74, 6) is 0.634. The van der Waals surface area contributed by atoms with Crippen molar-refractivity contribution in [3.05, 3.63) is 11.3 Å². The van der Waals surface area contributed by atoms with E-state index in [9.17, 15) is 0 Å². The standard InChI is InChI=1S/C10H14N6O/c1-2-3-17-6-4-7-8(5-6)11-12-9(7)10-13-15-16-14-10/h6H,2-5H2,1H3,(H,11,12)(H,13,14,15,16). The number of nitrogens with one attached hydrogen (secondary N) is 2. The first-order valence-corrected chi connectivity index (χ1v) is 5.80. The van der Waals surface area contributed by atoms with Crippen LogP contribution in [0.25, 0.3) is 11.5 Å². The molecule has 0 spiro atoms. The molecule has 1 atom stereocenters. The minimum absolute atomic E-state index is 0.247. The Morgan fingerprint density at radius 3 is 3.06 bits per heavy atom. The zero-order valence-electron chi connectivity index (χ0n) is 9.60. The zero-order valence-corrected chi connectivity index (χ0v) is 9.60. The van der Waals surface area contributed by atoms with Crippen LogP contribution in [0.4, 0.5) is 0 Å². The van der Waals surface area contributed by atoms with E-state index in [1.165, 1.54) is 5.56 Å². The maximum Gasteiger partial charge on any atom is 0.197 e. The van der Waals surface area contributed by atoms with Gasteiger partial charge in [0.05, 0.1) is 11.8 Å². The number of fused-ring (bicyclic) bond motifs is 1. The number of ether oxygens (including phenoxy) is 1. The molecule has 0 bridgehead atoms. The third-order valence-electron chi connectivity index (χ3n) is 2.95. The molecule has 0 aliphatic heterocycles. The fourth-order valence-electron chi connectivity index (χ4n) is 2.17. The van der Waals surface area contributed by atoms with Crippen LogP contribution in [0.3, 0.4) is 0 Å². The Morgan fingerprint density at radius 2 is 2.29 bits per heavy atom. The van der Waals surface area contributed by atoms with Crippen molar-refractivity contribution in [1.29, 1.82) is 0 Å². The van der Waals surface area contributed by atoms with Gasteiger partial charge in [0.25, 0.3) is 0 Å². The Morgan fingerprint density at radius 1 is 1.35 bits per heavy atom. The molecule has 0 saturated carbocycles. The highest BCUT2D eigenvalue weighted by atomic mass is 16.5. The Bertz CT molecular complexity index is 491. The van der Waals surface area contributed by atoms with Crippen LogP contribution in [0.15, 0.2) is 0 Å². The topological polar surface area (TPSA) is 92.4 Å². The van der Waals surface area contributed by atoms with Crippen molar-refractivity contribution in [3.8, 4) is 11.5 Å². The molecule has 1 unspecified atom stereocenters. The van der Waals surface area contributed by atoms with Gasteiger partial charge in [-0.25, -0.2) is 5.10 Å². The molecule has 17 heavy (non-hydrogen) atoms. The SMILES string of the molecule is CCCOC1Cc2n[nH]c(-c3nnn[nH]3)c2C1. The average molecular weight is 234 g/mol. The first kappa shape index (κ1) is 10.4. The molecule has 2 N–H and O–H groups in total. The van der Waals surface area contributed by atoms with Crippen molar-refractivity contribution in [2.24, 2.45) is 0 Å². The van der Waals surface area contributed by atoms with Crippen molar-refractivity contribution in [1.82, 2.24) is 30.8 Å². The van der Waals surface area contributed by atoms with E-state index < -0.39 is 0 Å². The van der Waals surface area contributed by atoms with Crippen LogP contribution >= 0.6 is 0 Å². The number of H-pyrrole nitrogens is 2. The molecule has 0 fully saturated rings. The van der Waals surface area contributed by atoms with Crippen molar-refractivity contribution >= 4 is 0 Å². The second-order valence-electron chi connectivity index (χ2n) is 4.17. The largest absolute Gasteiger partial charge is 0.377 e. The molecule has 0 aromatic carbocycles. The number of hydrogen-bond acceptors (Lipinski definition) is 5. The fourth-order valence-corrected chi connectivity index (χ4v) is 2.17. The molecule has 2 heterocycles. The number of aromatic amines is 2. The van der Waals surface area contributed by atoms with Gasteiger partial charge in [-0.2, -0.15) is 5.10 Å². The number of rotatable bonds is 4. The number of tetrazole rings is 1. The molecule has 3 rings (SSSR count). The predicted molar refractivity (Wildman–Crippen MR) is 59.2 cm³/mol. The van der Waals surface area contributed by atoms with Crippen LogP contribution in [-0.2, 0) is 17.6 Å². The average Bonchev–Trinajstić information content (AvgIpc) is 3.01. The van der Waals surface area contributed by atoms with E-state index in [4.69, 9.17) is 4.74 Å². The van der Waals surface area contributed by atoms with E-state index in [1.807, 2.05) is 0 Å². The minimum atomic E-state index is 0.247. The van der Waals surface area contributed by atoms with Crippen molar-refractivity contribution in [2.45, 2.75) is 32.3 Å². The van der Waals surface area contributed by atoms with E-state index in [1.54, 1.807) is 0 Å². The van der Waals surface area contributed by atoms with Gasteiger partial charge in [-0.3, -0.25) is 5.10 Å². The van der Waals surface area contributed by atoms with Gasteiger partial charge in [0.2, 0.25) is 0 Å². The maximum absolute atomic E-state index is 5.75. The molecule has 0 saturated heterocycles. The van der Waals surface area contributed by atoms with Gasteiger partial charge in [0, 0.05) is 25.0 Å². The summed E-state index contributed by atoms with van der Waals surface area (Å²) in [5.41, 5.74) is 3.12. The van der Waals surface area contributed by atoms with Gasteiger partial charge in [0.1, 0.15) is 5.69 Å². The Labute approximate surface area is 98.0 Å². The molecule has 7 heteroatoms. The molecule has 90 valence electrons. The lowest BCUT2D eigenvalue weighted by Gasteiger charge is -2.09. The molecule has 1 aliphatic rings. The Balaban J connectivity index is 1.80. The summed E-state index contributed by atoms with van der Waals surface area (Å²) in [7, 11) is 0. The highest BCUT2D eigenvalue weighted by molar-refractivity contribution is 5.56. The summed E-state index contributed by atoms with van der Waals surface area (Å²) in [6.07, 6.45) is 3.03. The quantitative estimate of drug-likeness (QED) is 0.802. The second-order valence-corrected chi connectivity index (χ2v) is 4.17. The molecular formula is C10H14N6O. The van der Waals surface area contributed by atoms with E-state index in [-0.39, 0.29) is 6.10 Å². The van der Waals surface area contributed by atoms with Gasteiger partial charge in [-0.15, -0.1) is 5.10 Å². The van der Waals surface area contributed by atoms with E-state index in [0.29, 0.717) is 5.82 Å². The number of hydrogen-bond donors (Lipinski definition) is 2. The first-order chi connectivity index (χ1) is 8.38. The van der Waals surface area contributed by atoms with Crippen molar-refractivity contribution in [3.63, 3.8) is 0 Å². The zero-order chi connectivity index (χ0) is 11.7. The fraction of sp³-hybridized carbons (Fsp3) is 0.600. The van der Waals surface area contributed by atoms with Gasteiger partial charge in [-0.05, 0) is 16.8 Å². The highest BCUT2D eigenvalue weighted by Crippen LogP contribution is 2.29. The maximum atomic E-state index is 5.75. The van der Waals surface area contributed by atoms with Crippen LogP contribution in [0.2, 0.25) is 0 Å². The van der Waals surface area contributed by atoms with Gasteiger partial charge in [-0.1, -0.05) is 6.92 Å². The minimum Gasteiger partial charge on any atom is -0.377 e. The first-order valence-electron chi connectivity index (χ1n) is 5.80. The van der Waals surface area contributed by atoms with Crippen molar-refractivity contribution in [2.75, 3.05) is 6.61 Å². The molecule has 0 amide bonds. The highest BCUT2D eigenvalue weighted by Gasteiger charge is 2.28. The third-order valence-corrected chi connectivity index (χ3v) is 2.95. The summed E-state index contributed by atoms with van der Waals surface area (Å²) in [6.45, 7) is 2.91. The van der Waals surface area contributed by atoms with Crippen LogP contribution < -0.4 is 0 Å². The molecule has 2 aromatic heterocycles. The normalized spacial score (nSPS) is 18.5. The second kappa shape index (κ2) is 4.25. The summed E-state index contributed by atoms with van der Waals surface area (Å²) in [6, 6.07) is 0.